The van der Waals surface area contributed by atoms with Crippen LogP contribution in [0.25, 0.3) is 0 Å². The minimum absolute atomic E-state index is 0.0656. The second-order valence-corrected chi connectivity index (χ2v) is 4.84. The van der Waals surface area contributed by atoms with Gasteiger partial charge in [0.05, 0.1) is 6.10 Å². The number of hydrogen-bond donors (Lipinski definition) is 1. The van der Waals surface area contributed by atoms with Crippen LogP contribution in [0.2, 0.25) is 5.02 Å². The molecule has 1 unspecified atom stereocenters. The number of aliphatic hydroxyl groups is 1. The monoisotopic (exact) mass is 282 g/mol. The third kappa shape index (κ3) is 3.75. The lowest BCUT2D eigenvalue weighted by molar-refractivity contribution is 0.174. The molecule has 1 nitrogen and oxygen atoms in total. The summed E-state index contributed by atoms with van der Waals surface area (Å²) in [6, 6.07) is 11.1. The molecule has 0 radical (unpaired) electrons. The van der Waals surface area contributed by atoms with Crippen molar-refractivity contribution in [1.82, 2.24) is 0 Å². The van der Waals surface area contributed by atoms with Crippen LogP contribution in [0.1, 0.15) is 11.1 Å². The van der Waals surface area contributed by atoms with E-state index in [2.05, 4.69) is 0 Å². The van der Waals surface area contributed by atoms with Crippen LogP contribution in [-0.4, -0.2) is 11.2 Å². The first kappa shape index (κ1) is 14.0. The van der Waals surface area contributed by atoms with Gasteiger partial charge in [0.15, 0.2) is 11.6 Å². The summed E-state index contributed by atoms with van der Waals surface area (Å²) in [5.74, 6) is -1.79. The maximum atomic E-state index is 13.5. The van der Waals surface area contributed by atoms with Crippen molar-refractivity contribution in [3.8, 4) is 0 Å². The van der Waals surface area contributed by atoms with E-state index >= 15 is 0 Å². The predicted octanol–water partition coefficient (Wildman–Crippen LogP) is 3.76. The Kier molecular flexibility index (Phi) is 4.51. The minimum Gasteiger partial charge on any atom is -0.392 e. The molecule has 0 heterocycles. The molecule has 0 spiro atoms. The average Bonchev–Trinajstić information content (AvgIpc) is 2.35. The van der Waals surface area contributed by atoms with Gasteiger partial charge in [0, 0.05) is 11.4 Å². The molecule has 0 saturated heterocycles. The van der Waals surface area contributed by atoms with E-state index in [0.29, 0.717) is 11.4 Å². The molecule has 19 heavy (non-hydrogen) atoms. The highest BCUT2D eigenvalue weighted by Gasteiger charge is 2.13. The third-order valence-electron chi connectivity index (χ3n) is 2.85. The van der Waals surface area contributed by atoms with Gasteiger partial charge in [-0.2, -0.15) is 0 Å². The Bertz CT molecular complexity index is 572. The third-order valence-corrected chi connectivity index (χ3v) is 3.08. The molecule has 0 saturated carbocycles. The Morgan fingerprint density at radius 1 is 1.05 bits per heavy atom. The molecule has 0 aliphatic carbocycles. The fourth-order valence-electron chi connectivity index (χ4n) is 1.97. The smallest absolute Gasteiger partial charge is 0.162 e. The zero-order valence-corrected chi connectivity index (χ0v) is 10.9. The Hall–Kier alpha value is -1.45. The molecule has 2 aromatic rings. The molecule has 1 N–H and O–H groups in total. The Morgan fingerprint density at radius 2 is 1.79 bits per heavy atom. The first-order valence-electron chi connectivity index (χ1n) is 5.91. The molecule has 0 bridgehead atoms. The van der Waals surface area contributed by atoms with Crippen molar-refractivity contribution in [2.75, 3.05) is 0 Å². The Labute approximate surface area is 115 Å². The van der Waals surface area contributed by atoms with Crippen molar-refractivity contribution in [3.63, 3.8) is 0 Å². The van der Waals surface area contributed by atoms with Crippen molar-refractivity contribution < 1.29 is 13.9 Å². The van der Waals surface area contributed by atoms with Gasteiger partial charge in [-0.1, -0.05) is 35.9 Å². The van der Waals surface area contributed by atoms with Crippen LogP contribution in [0.5, 0.6) is 0 Å². The lowest BCUT2D eigenvalue weighted by Crippen LogP contribution is -2.15. The normalized spacial score (nSPS) is 12.4. The molecule has 0 amide bonds. The minimum atomic E-state index is -0.896. The van der Waals surface area contributed by atoms with E-state index in [9.17, 15) is 13.9 Å². The number of aliphatic hydroxyl groups excluding tert-OH is 1. The fourth-order valence-corrected chi connectivity index (χ4v) is 2.18. The second kappa shape index (κ2) is 6.13. The first-order valence-corrected chi connectivity index (χ1v) is 6.29. The van der Waals surface area contributed by atoms with Gasteiger partial charge >= 0.3 is 0 Å². The highest BCUT2D eigenvalue weighted by atomic mass is 35.5. The maximum Gasteiger partial charge on any atom is 0.162 e. The molecular formula is C15H13ClF2O. The highest BCUT2D eigenvalue weighted by Crippen LogP contribution is 2.17. The molecular weight excluding hydrogens is 270 g/mol. The summed E-state index contributed by atoms with van der Waals surface area (Å²) < 4.78 is 26.5. The van der Waals surface area contributed by atoms with Gasteiger partial charge in [0.2, 0.25) is 0 Å². The summed E-state index contributed by atoms with van der Waals surface area (Å²) in [5.41, 5.74) is 1.03. The lowest BCUT2D eigenvalue weighted by Gasteiger charge is -2.12. The van der Waals surface area contributed by atoms with E-state index in [-0.39, 0.29) is 12.0 Å². The van der Waals surface area contributed by atoms with E-state index in [4.69, 9.17) is 11.6 Å². The van der Waals surface area contributed by atoms with Gasteiger partial charge in [0.25, 0.3) is 0 Å². The van der Waals surface area contributed by atoms with Crippen molar-refractivity contribution in [2.24, 2.45) is 0 Å². The maximum absolute atomic E-state index is 13.5. The summed E-state index contributed by atoms with van der Waals surface area (Å²) >= 11 is 5.84. The summed E-state index contributed by atoms with van der Waals surface area (Å²) in [5, 5.41) is 10.5. The molecule has 0 aromatic heterocycles. The molecule has 100 valence electrons. The molecule has 4 heteroatoms. The summed E-state index contributed by atoms with van der Waals surface area (Å²) in [6.07, 6.45) is -0.373. The number of halogens is 3. The van der Waals surface area contributed by atoms with Crippen molar-refractivity contribution in [1.29, 1.82) is 0 Å². The van der Waals surface area contributed by atoms with Gasteiger partial charge in [0.1, 0.15) is 0 Å². The predicted molar refractivity (Wildman–Crippen MR) is 71.2 cm³/mol. The zero-order chi connectivity index (χ0) is 13.8. The Morgan fingerprint density at radius 3 is 2.53 bits per heavy atom. The topological polar surface area (TPSA) is 20.2 Å². The zero-order valence-electron chi connectivity index (χ0n) is 10.1. The van der Waals surface area contributed by atoms with Crippen molar-refractivity contribution in [2.45, 2.75) is 18.9 Å². The van der Waals surface area contributed by atoms with Crippen LogP contribution in [-0.2, 0) is 12.8 Å². The molecule has 0 aliphatic rings. The van der Waals surface area contributed by atoms with E-state index in [1.807, 2.05) is 6.07 Å². The van der Waals surface area contributed by atoms with Crippen LogP contribution < -0.4 is 0 Å². The van der Waals surface area contributed by atoms with E-state index < -0.39 is 17.7 Å². The average molecular weight is 283 g/mol. The molecule has 0 aliphatic heterocycles. The summed E-state index contributed by atoms with van der Waals surface area (Å²) in [6.45, 7) is 0. The highest BCUT2D eigenvalue weighted by molar-refractivity contribution is 6.30. The van der Waals surface area contributed by atoms with Crippen LogP contribution in [0, 0.1) is 11.6 Å². The second-order valence-electron chi connectivity index (χ2n) is 4.40. The largest absolute Gasteiger partial charge is 0.392 e. The van der Waals surface area contributed by atoms with E-state index in [1.54, 1.807) is 18.2 Å². The van der Waals surface area contributed by atoms with Crippen LogP contribution in [0.3, 0.4) is 0 Å². The quantitative estimate of drug-likeness (QED) is 0.905. The van der Waals surface area contributed by atoms with Gasteiger partial charge < -0.3 is 5.11 Å². The van der Waals surface area contributed by atoms with Crippen molar-refractivity contribution >= 4 is 11.6 Å². The van der Waals surface area contributed by atoms with Gasteiger partial charge in [-0.15, -0.1) is 0 Å². The summed E-state index contributed by atoms with van der Waals surface area (Å²) in [7, 11) is 0. The van der Waals surface area contributed by atoms with Crippen molar-refractivity contribution in [3.05, 3.63) is 70.2 Å². The molecule has 0 fully saturated rings. The number of benzene rings is 2. The van der Waals surface area contributed by atoms with Crippen LogP contribution >= 0.6 is 11.6 Å². The van der Waals surface area contributed by atoms with Crippen LogP contribution in [0.15, 0.2) is 42.5 Å². The van der Waals surface area contributed by atoms with Gasteiger partial charge in [-0.3, -0.25) is 0 Å². The summed E-state index contributed by atoms with van der Waals surface area (Å²) in [4.78, 5) is 0. The SMILES string of the molecule is OC(Cc1cccc(Cl)c1)Cc1cccc(F)c1F. The molecule has 2 rings (SSSR count). The van der Waals surface area contributed by atoms with Crippen LogP contribution in [0.4, 0.5) is 8.78 Å². The standard InChI is InChI=1S/C15H13ClF2O/c16-12-5-1-3-10(7-12)8-13(19)9-11-4-2-6-14(17)15(11)18/h1-7,13,19H,8-9H2. The van der Waals surface area contributed by atoms with E-state index in [1.165, 1.54) is 12.1 Å². The lowest BCUT2D eigenvalue weighted by atomic mass is 10.0. The number of hydrogen-bond acceptors (Lipinski definition) is 1. The fraction of sp³-hybridized carbons (Fsp3) is 0.200. The molecule has 1 atom stereocenters. The number of rotatable bonds is 4. The Balaban J connectivity index is 2.05. The molecule has 2 aromatic carbocycles. The van der Waals surface area contributed by atoms with Gasteiger partial charge in [-0.05, 0) is 35.7 Å². The first-order chi connectivity index (χ1) is 9.06. The van der Waals surface area contributed by atoms with Gasteiger partial charge in [-0.25, -0.2) is 8.78 Å². The van der Waals surface area contributed by atoms with E-state index in [0.717, 1.165) is 11.6 Å².